The van der Waals surface area contributed by atoms with Crippen LogP contribution < -0.4 is 4.74 Å². The predicted molar refractivity (Wildman–Crippen MR) is 83.7 cm³/mol. The SMILES string of the molecule is CC[C@H](O)c1ccc(OCc2c(Cl)c(C)nn2CC)cc1. The van der Waals surface area contributed by atoms with Crippen molar-refractivity contribution in [3.63, 3.8) is 0 Å². The number of rotatable bonds is 6. The second-order valence-electron chi connectivity index (χ2n) is 4.94. The highest BCUT2D eigenvalue weighted by molar-refractivity contribution is 6.31. The first-order valence-corrected chi connectivity index (χ1v) is 7.57. The Kier molecular flexibility index (Phi) is 5.26. The van der Waals surface area contributed by atoms with Gasteiger partial charge in [-0.15, -0.1) is 0 Å². The van der Waals surface area contributed by atoms with Crippen LogP contribution in [0, 0.1) is 6.92 Å². The van der Waals surface area contributed by atoms with E-state index in [1.54, 1.807) is 0 Å². The summed E-state index contributed by atoms with van der Waals surface area (Å²) in [5.41, 5.74) is 2.60. The molecule has 0 saturated carbocycles. The number of aliphatic hydroxyl groups is 1. The first kappa shape index (κ1) is 15.9. The number of benzene rings is 1. The van der Waals surface area contributed by atoms with Gasteiger partial charge >= 0.3 is 0 Å². The molecular formula is C16H21ClN2O2. The van der Waals surface area contributed by atoms with E-state index in [1.165, 1.54) is 0 Å². The number of aryl methyl sites for hydroxylation is 2. The molecule has 0 aliphatic rings. The Hall–Kier alpha value is -1.52. The monoisotopic (exact) mass is 308 g/mol. The predicted octanol–water partition coefficient (Wildman–Crippen LogP) is 3.89. The van der Waals surface area contributed by atoms with E-state index in [2.05, 4.69) is 5.10 Å². The quantitative estimate of drug-likeness (QED) is 0.880. The first-order valence-electron chi connectivity index (χ1n) is 7.19. The van der Waals surface area contributed by atoms with E-state index >= 15 is 0 Å². The van der Waals surface area contributed by atoms with Crippen molar-refractivity contribution in [1.29, 1.82) is 0 Å². The number of hydrogen-bond acceptors (Lipinski definition) is 3. The Morgan fingerprint density at radius 1 is 1.29 bits per heavy atom. The Bertz CT molecular complexity index is 593. The van der Waals surface area contributed by atoms with E-state index in [9.17, 15) is 5.11 Å². The molecule has 21 heavy (non-hydrogen) atoms. The summed E-state index contributed by atoms with van der Waals surface area (Å²) in [6.07, 6.45) is 0.280. The highest BCUT2D eigenvalue weighted by Gasteiger charge is 2.13. The average molecular weight is 309 g/mol. The minimum absolute atomic E-state index is 0.378. The van der Waals surface area contributed by atoms with Crippen molar-refractivity contribution >= 4 is 11.6 Å². The number of aromatic nitrogens is 2. The van der Waals surface area contributed by atoms with Gasteiger partial charge in [0.1, 0.15) is 12.4 Å². The molecule has 1 aromatic carbocycles. The lowest BCUT2D eigenvalue weighted by molar-refractivity contribution is 0.173. The molecule has 0 amide bonds. The maximum absolute atomic E-state index is 9.77. The molecule has 1 heterocycles. The van der Waals surface area contributed by atoms with Gasteiger partial charge < -0.3 is 9.84 Å². The normalized spacial score (nSPS) is 12.4. The summed E-state index contributed by atoms with van der Waals surface area (Å²) in [5, 5.41) is 14.8. The van der Waals surface area contributed by atoms with Gasteiger partial charge in [-0.25, -0.2) is 0 Å². The van der Waals surface area contributed by atoms with E-state index in [1.807, 2.05) is 49.7 Å². The van der Waals surface area contributed by atoms with Gasteiger partial charge in [0, 0.05) is 6.54 Å². The Balaban J connectivity index is 2.06. The fraction of sp³-hybridized carbons (Fsp3) is 0.438. The minimum atomic E-state index is -0.419. The van der Waals surface area contributed by atoms with Crippen molar-refractivity contribution in [3.8, 4) is 5.75 Å². The van der Waals surface area contributed by atoms with Crippen molar-refractivity contribution in [1.82, 2.24) is 9.78 Å². The van der Waals surface area contributed by atoms with E-state index < -0.39 is 6.10 Å². The van der Waals surface area contributed by atoms with Crippen molar-refractivity contribution < 1.29 is 9.84 Å². The van der Waals surface area contributed by atoms with Crippen LogP contribution in [0.5, 0.6) is 5.75 Å². The molecule has 1 aromatic heterocycles. The van der Waals surface area contributed by atoms with Crippen LogP contribution in [0.2, 0.25) is 5.02 Å². The molecule has 2 aromatic rings. The second kappa shape index (κ2) is 6.96. The Labute approximate surface area is 130 Å². The van der Waals surface area contributed by atoms with Gasteiger partial charge in [-0.3, -0.25) is 4.68 Å². The van der Waals surface area contributed by atoms with Crippen LogP contribution in [0.4, 0.5) is 0 Å². The van der Waals surface area contributed by atoms with Crippen molar-refractivity contribution in [2.24, 2.45) is 0 Å². The van der Waals surface area contributed by atoms with E-state index in [4.69, 9.17) is 16.3 Å². The molecule has 5 heteroatoms. The summed E-state index contributed by atoms with van der Waals surface area (Å²) in [7, 11) is 0. The van der Waals surface area contributed by atoms with E-state index in [0.717, 1.165) is 29.2 Å². The molecule has 2 rings (SSSR count). The zero-order valence-electron chi connectivity index (χ0n) is 12.6. The summed E-state index contributed by atoms with van der Waals surface area (Å²) in [6, 6.07) is 7.49. The van der Waals surface area contributed by atoms with Gasteiger partial charge in [-0.1, -0.05) is 30.7 Å². The number of nitrogens with zero attached hydrogens (tertiary/aromatic N) is 2. The first-order chi connectivity index (χ1) is 10.1. The van der Waals surface area contributed by atoms with Crippen molar-refractivity contribution in [2.75, 3.05) is 0 Å². The van der Waals surface area contributed by atoms with Crippen molar-refractivity contribution in [3.05, 3.63) is 46.2 Å². The Morgan fingerprint density at radius 3 is 2.52 bits per heavy atom. The van der Waals surface area contributed by atoms with Crippen LogP contribution in [0.15, 0.2) is 24.3 Å². The van der Waals surface area contributed by atoms with E-state index in [0.29, 0.717) is 18.1 Å². The third-order valence-electron chi connectivity index (χ3n) is 3.48. The molecule has 0 aliphatic heterocycles. The molecule has 0 unspecified atom stereocenters. The van der Waals surface area contributed by atoms with Gasteiger partial charge in [-0.05, 0) is 38.0 Å². The molecule has 1 atom stereocenters. The highest BCUT2D eigenvalue weighted by Crippen LogP contribution is 2.24. The molecule has 4 nitrogen and oxygen atoms in total. The summed E-state index contributed by atoms with van der Waals surface area (Å²) in [5.74, 6) is 0.750. The van der Waals surface area contributed by atoms with Crippen LogP contribution in [-0.2, 0) is 13.2 Å². The Morgan fingerprint density at radius 2 is 1.95 bits per heavy atom. The zero-order chi connectivity index (χ0) is 15.4. The molecule has 0 radical (unpaired) electrons. The third-order valence-corrected chi connectivity index (χ3v) is 3.97. The van der Waals surface area contributed by atoms with Gasteiger partial charge in [-0.2, -0.15) is 5.10 Å². The molecule has 0 fully saturated rings. The lowest BCUT2D eigenvalue weighted by Crippen LogP contribution is -2.06. The second-order valence-corrected chi connectivity index (χ2v) is 5.32. The van der Waals surface area contributed by atoms with Crippen LogP contribution in [0.3, 0.4) is 0 Å². The maximum Gasteiger partial charge on any atom is 0.131 e. The molecule has 114 valence electrons. The van der Waals surface area contributed by atoms with Crippen LogP contribution in [0.25, 0.3) is 0 Å². The molecule has 0 bridgehead atoms. The lowest BCUT2D eigenvalue weighted by Gasteiger charge is -2.11. The fourth-order valence-electron chi connectivity index (χ4n) is 2.18. The van der Waals surface area contributed by atoms with Crippen molar-refractivity contribution in [2.45, 2.75) is 46.4 Å². The summed E-state index contributed by atoms with van der Waals surface area (Å²) in [4.78, 5) is 0. The third kappa shape index (κ3) is 3.57. The molecule has 0 spiro atoms. The highest BCUT2D eigenvalue weighted by atomic mass is 35.5. The number of ether oxygens (including phenoxy) is 1. The van der Waals surface area contributed by atoms with Gasteiger partial charge in [0.25, 0.3) is 0 Å². The molecule has 0 aliphatic carbocycles. The van der Waals surface area contributed by atoms with E-state index in [-0.39, 0.29) is 0 Å². The van der Waals surface area contributed by atoms with Crippen LogP contribution in [-0.4, -0.2) is 14.9 Å². The van der Waals surface area contributed by atoms with Crippen LogP contribution >= 0.6 is 11.6 Å². The summed E-state index contributed by atoms with van der Waals surface area (Å²) in [6.45, 7) is 6.99. The fourth-order valence-corrected chi connectivity index (χ4v) is 2.37. The van der Waals surface area contributed by atoms with Gasteiger partial charge in [0.15, 0.2) is 0 Å². The number of halogens is 1. The summed E-state index contributed by atoms with van der Waals surface area (Å²) < 4.78 is 7.62. The summed E-state index contributed by atoms with van der Waals surface area (Å²) >= 11 is 6.25. The standard InChI is InChI=1S/C16H21ClN2O2/c1-4-15(20)12-6-8-13(9-7-12)21-10-14-16(17)11(3)18-19(14)5-2/h6-9,15,20H,4-5,10H2,1-3H3/t15-/m0/s1. The molecular weight excluding hydrogens is 288 g/mol. The molecule has 1 N–H and O–H groups in total. The largest absolute Gasteiger partial charge is 0.487 e. The minimum Gasteiger partial charge on any atom is -0.487 e. The number of hydrogen-bond donors (Lipinski definition) is 1. The van der Waals surface area contributed by atoms with Gasteiger partial charge in [0.05, 0.1) is 22.5 Å². The maximum atomic E-state index is 9.77. The van der Waals surface area contributed by atoms with Gasteiger partial charge in [0.2, 0.25) is 0 Å². The van der Waals surface area contributed by atoms with Crippen LogP contribution in [0.1, 0.15) is 43.3 Å². The zero-order valence-corrected chi connectivity index (χ0v) is 13.4. The average Bonchev–Trinajstić information content (AvgIpc) is 2.79. The lowest BCUT2D eigenvalue weighted by atomic mass is 10.1. The molecule has 0 saturated heterocycles. The smallest absolute Gasteiger partial charge is 0.131 e. The topological polar surface area (TPSA) is 47.3 Å². The number of aliphatic hydroxyl groups excluding tert-OH is 1.